The van der Waals surface area contributed by atoms with Crippen LogP contribution in [0.25, 0.3) is 44.1 Å². The third kappa shape index (κ3) is 2.67. The summed E-state index contributed by atoms with van der Waals surface area (Å²) in [7, 11) is 0. The number of fused-ring (bicyclic) bond motifs is 2. The lowest BCUT2D eigenvalue weighted by Crippen LogP contribution is -1.96. The Morgan fingerprint density at radius 2 is 1.30 bits per heavy atom. The fourth-order valence-corrected chi connectivity index (χ4v) is 3.79. The largest absolute Gasteiger partial charge is 0.233 e. The second-order valence-corrected chi connectivity index (χ2v) is 6.71. The van der Waals surface area contributed by atoms with Crippen LogP contribution < -0.4 is 0 Å². The molecule has 0 bridgehead atoms. The monoisotopic (exact) mass is 346 g/mol. The number of benzene rings is 4. The minimum Gasteiger partial charge on any atom is -0.233 e. The van der Waals surface area contributed by atoms with Gasteiger partial charge in [-0.1, -0.05) is 84.9 Å². The second kappa shape index (κ2) is 6.33. The van der Waals surface area contributed by atoms with Crippen LogP contribution in [0.2, 0.25) is 0 Å². The van der Waals surface area contributed by atoms with E-state index in [9.17, 15) is 0 Å². The fraction of sp³-hybridized carbons (Fsp3) is 0.0400. The molecular formula is C25H18N2. The lowest BCUT2D eigenvalue weighted by molar-refractivity contribution is 1.10. The van der Waals surface area contributed by atoms with Gasteiger partial charge in [-0.15, -0.1) is 0 Å². The summed E-state index contributed by atoms with van der Waals surface area (Å²) in [4.78, 5) is 9.54. The third-order valence-corrected chi connectivity index (χ3v) is 4.96. The summed E-state index contributed by atoms with van der Waals surface area (Å²) in [5.41, 5.74) is 5.46. The molecule has 0 aliphatic rings. The number of hydrogen-bond acceptors (Lipinski definition) is 2. The fourth-order valence-electron chi connectivity index (χ4n) is 3.79. The van der Waals surface area contributed by atoms with Gasteiger partial charge in [-0.25, -0.2) is 9.97 Å². The van der Waals surface area contributed by atoms with E-state index in [1.54, 1.807) is 0 Å². The van der Waals surface area contributed by atoms with E-state index in [4.69, 9.17) is 9.97 Å². The summed E-state index contributed by atoms with van der Waals surface area (Å²) in [6.07, 6.45) is 0. The molecule has 5 aromatic rings. The molecule has 0 atom stereocenters. The molecular weight excluding hydrogens is 328 g/mol. The van der Waals surface area contributed by atoms with Crippen molar-refractivity contribution >= 4 is 21.7 Å². The zero-order valence-corrected chi connectivity index (χ0v) is 15.1. The van der Waals surface area contributed by atoms with E-state index in [1.165, 1.54) is 21.9 Å². The zero-order chi connectivity index (χ0) is 18.2. The van der Waals surface area contributed by atoms with Crippen molar-refractivity contribution in [2.24, 2.45) is 0 Å². The molecule has 27 heavy (non-hydrogen) atoms. The van der Waals surface area contributed by atoms with Crippen molar-refractivity contribution in [3.63, 3.8) is 0 Å². The van der Waals surface area contributed by atoms with Crippen LogP contribution >= 0.6 is 0 Å². The Kier molecular flexibility index (Phi) is 3.68. The van der Waals surface area contributed by atoms with Gasteiger partial charge in [0.2, 0.25) is 0 Å². The number of nitrogens with zero attached hydrogens (tertiary/aromatic N) is 2. The first-order valence-corrected chi connectivity index (χ1v) is 9.12. The van der Waals surface area contributed by atoms with Gasteiger partial charge < -0.3 is 0 Å². The summed E-state index contributed by atoms with van der Waals surface area (Å²) in [6, 6.07) is 31.7. The van der Waals surface area contributed by atoms with Crippen LogP contribution in [0.1, 0.15) is 5.82 Å². The first kappa shape index (κ1) is 15.7. The van der Waals surface area contributed by atoms with E-state index < -0.39 is 0 Å². The Balaban J connectivity index is 1.91. The van der Waals surface area contributed by atoms with Gasteiger partial charge in [-0.2, -0.15) is 0 Å². The Labute approximate surface area is 158 Å². The van der Waals surface area contributed by atoms with E-state index in [2.05, 4.69) is 84.9 Å². The Hall–Kier alpha value is -3.52. The molecule has 0 unspecified atom stereocenters. The summed E-state index contributed by atoms with van der Waals surface area (Å²) in [6.45, 7) is 1.95. The van der Waals surface area contributed by atoms with Gasteiger partial charge in [-0.3, -0.25) is 0 Å². The number of hydrogen-bond donors (Lipinski definition) is 0. The molecule has 4 aromatic carbocycles. The molecule has 0 radical (unpaired) electrons. The molecule has 0 N–H and O–H groups in total. The van der Waals surface area contributed by atoms with Crippen molar-refractivity contribution in [2.45, 2.75) is 6.92 Å². The topological polar surface area (TPSA) is 25.8 Å². The third-order valence-electron chi connectivity index (χ3n) is 4.96. The highest BCUT2D eigenvalue weighted by Crippen LogP contribution is 2.37. The molecule has 0 amide bonds. The van der Waals surface area contributed by atoms with Crippen LogP contribution in [-0.4, -0.2) is 9.97 Å². The maximum Gasteiger partial charge on any atom is 0.126 e. The molecule has 0 saturated heterocycles. The predicted octanol–water partition coefficient (Wildman–Crippen LogP) is 6.43. The average Bonchev–Trinajstić information content (AvgIpc) is 2.73. The van der Waals surface area contributed by atoms with Crippen LogP contribution in [0, 0.1) is 6.92 Å². The first-order chi connectivity index (χ1) is 13.3. The van der Waals surface area contributed by atoms with E-state index in [0.717, 1.165) is 28.0 Å². The summed E-state index contributed by atoms with van der Waals surface area (Å²) >= 11 is 0. The van der Waals surface area contributed by atoms with Gasteiger partial charge >= 0.3 is 0 Å². The van der Waals surface area contributed by atoms with Gasteiger partial charge in [0.05, 0.1) is 11.2 Å². The van der Waals surface area contributed by atoms with Gasteiger partial charge in [0.15, 0.2) is 0 Å². The van der Waals surface area contributed by atoms with Crippen molar-refractivity contribution in [2.75, 3.05) is 0 Å². The molecule has 1 heterocycles. The number of aryl methyl sites for hydroxylation is 1. The molecule has 0 aliphatic heterocycles. The maximum atomic E-state index is 4.83. The van der Waals surface area contributed by atoms with E-state index in [0.29, 0.717) is 0 Å². The standard InChI is InChI=1S/C25H18N2/c1-17-26-23-16-8-15-22(21-14-7-12-18-9-5-6-13-20(18)21)24(23)25(27-17)19-10-3-2-4-11-19/h2-16H,1H3. The van der Waals surface area contributed by atoms with E-state index in [1.807, 2.05) is 13.0 Å². The molecule has 5 rings (SSSR count). The molecule has 0 aliphatic carbocycles. The van der Waals surface area contributed by atoms with Crippen molar-refractivity contribution in [3.05, 3.63) is 96.8 Å². The van der Waals surface area contributed by atoms with Crippen LogP contribution in [0.3, 0.4) is 0 Å². The Morgan fingerprint density at radius 1 is 0.593 bits per heavy atom. The van der Waals surface area contributed by atoms with E-state index >= 15 is 0 Å². The highest BCUT2D eigenvalue weighted by molar-refractivity contribution is 6.09. The summed E-state index contributed by atoms with van der Waals surface area (Å²) < 4.78 is 0. The van der Waals surface area contributed by atoms with Gasteiger partial charge in [0, 0.05) is 10.9 Å². The van der Waals surface area contributed by atoms with Crippen LogP contribution in [0.4, 0.5) is 0 Å². The average molecular weight is 346 g/mol. The van der Waals surface area contributed by atoms with E-state index in [-0.39, 0.29) is 0 Å². The van der Waals surface area contributed by atoms with Crippen LogP contribution in [0.5, 0.6) is 0 Å². The maximum absolute atomic E-state index is 4.83. The normalized spacial score (nSPS) is 11.1. The number of rotatable bonds is 2. The first-order valence-electron chi connectivity index (χ1n) is 9.12. The minimum absolute atomic E-state index is 0.788. The van der Waals surface area contributed by atoms with Gasteiger partial charge in [0.25, 0.3) is 0 Å². The molecule has 0 spiro atoms. The lowest BCUT2D eigenvalue weighted by atomic mass is 9.93. The Morgan fingerprint density at radius 3 is 2.19 bits per heavy atom. The summed E-state index contributed by atoms with van der Waals surface area (Å²) in [5, 5.41) is 3.58. The molecule has 128 valence electrons. The van der Waals surface area contributed by atoms with Crippen molar-refractivity contribution in [3.8, 4) is 22.4 Å². The van der Waals surface area contributed by atoms with Crippen LogP contribution in [-0.2, 0) is 0 Å². The van der Waals surface area contributed by atoms with Gasteiger partial charge in [-0.05, 0) is 34.9 Å². The second-order valence-electron chi connectivity index (χ2n) is 6.71. The molecule has 0 saturated carbocycles. The lowest BCUT2D eigenvalue weighted by Gasteiger charge is -2.14. The highest BCUT2D eigenvalue weighted by Gasteiger charge is 2.14. The van der Waals surface area contributed by atoms with Gasteiger partial charge in [0.1, 0.15) is 5.82 Å². The minimum atomic E-state index is 0.788. The Bertz CT molecular complexity index is 1270. The molecule has 1 aromatic heterocycles. The molecule has 2 nitrogen and oxygen atoms in total. The highest BCUT2D eigenvalue weighted by atomic mass is 14.9. The quantitative estimate of drug-likeness (QED) is 0.368. The van der Waals surface area contributed by atoms with Crippen molar-refractivity contribution in [1.29, 1.82) is 0 Å². The zero-order valence-electron chi connectivity index (χ0n) is 15.1. The molecule has 2 heteroatoms. The number of aromatic nitrogens is 2. The molecule has 0 fully saturated rings. The summed E-state index contributed by atoms with van der Waals surface area (Å²) in [5.74, 6) is 0.788. The van der Waals surface area contributed by atoms with Crippen LogP contribution in [0.15, 0.2) is 91.0 Å². The smallest absolute Gasteiger partial charge is 0.126 e. The van der Waals surface area contributed by atoms with Crippen molar-refractivity contribution in [1.82, 2.24) is 9.97 Å². The predicted molar refractivity (Wildman–Crippen MR) is 113 cm³/mol. The van der Waals surface area contributed by atoms with Crippen molar-refractivity contribution < 1.29 is 0 Å². The SMILES string of the molecule is Cc1nc(-c2ccccc2)c2c(-c3cccc4ccccc34)cccc2n1.